The van der Waals surface area contributed by atoms with E-state index in [0.29, 0.717) is 12.2 Å². The zero-order chi connectivity index (χ0) is 29.6. The summed E-state index contributed by atoms with van der Waals surface area (Å²) in [7, 11) is 0. The lowest BCUT2D eigenvalue weighted by Gasteiger charge is -2.40. The number of aliphatic hydroxyl groups excluding tert-OH is 3. The summed E-state index contributed by atoms with van der Waals surface area (Å²) in [5.41, 5.74) is 1.59. The Kier molecular flexibility index (Phi) is 9.54. The molecule has 5 atom stereocenters. The second-order valence-electron chi connectivity index (χ2n) is 10.5. The second kappa shape index (κ2) is 13.5. The van der Waals surface area contributed by atoms with Crippen LogP contribution in [0.5, 0.6) is 0 Å². The van der Waals surface area contributed by atoms with Gasteiger partial charge in [0.05, 0.1) is 19.3 Å². The van der Waals surface area contributed by atoms with Crippen LogP contribution in [0.2, 0.25) is 0 Å². The van der Waals surface area contributed by atoms with Gasteiger partial charge in [-0.05, 0) is 47.5 Å². The number of benzene rings is 2. The molecule has 2 aliphatic rings. The summed E-state index contributed by atoms with van der Waals surface area (Å²) in [5, 5.41) is 48.4. The first kappa shape index (κ1) is 29.7. The summed E-state index contributed by atoms with van der Waals surface area (Å²) in [6, 6.07) is 16.1. The predicted molar refractivity (Wildman–Crippen MR) is 156 cm³/mol. The Labute approximate surface area is 243 Å². The van der Waals surface area contributed by atoms with Gasteiger partial charge in [-0.15, -0.1) is 0 Å². The van der Waals surface area contributed by atoms with Gasteiger partial charge in [0.2, 0.25) is 0 Å². The van der Waals surface area contributed by atoms with Crippen molar-refractivity contribution in [2.45, 2.75) is 44.0 Å². The van der Waals surface area contributed by atoms with Crippen LogP contribution in [-0.4, -0.2) is 96.2 Å². The smallest absolute Gasteiger partial charge is 0.262 e. The van der Waals surface area contributed by atoms with E-state index in [1.54, 1.807) is 19.1 Å². The fourth-order valence-corrected chi connectivity index (χ4v) is 5.24. The van der Waals surface area contributed by atoms with Crippen LogP contribution in [0, 0.1) is 11.3 Å². The summed E-state index contributed by atoms with van der Waals surface area (Å²) in [5.74, 6) is 0.00173. The highest BCUT2D eigenvalue weighted by Gasteiger charge is 2.44. The van der Waals surface area contributed by atoms with Gasteiger partial charge in [-0.2, -0.15) is 5.26 Å². The summed E-state index contributed by atoms with van der Waals surface area (Å²) < 4.78 is 16.6. The molecule has 1 aromatic heterocycles. The fraction of sp³-hybridized carbons (Fsp3) is 0.419. The van der Waals surface area contributed by atoms with Crippen molar-refractivity contribution in [2.75, 3.05) is 44.7 Å². The van der Waals surface area contributed by atoms with Gasteiger partial charge in [0.25, 0.3) is 5.91 Å². The fourth-order valence-electron chi connectivity index (χ4n) is 5.24. The van der Waals surface area contributed by atoms with E-state index in [-0.39, 0.29) is 11.3 Å². The Morgan fingerprint density at radius 3 is 2.60 bits per heavy atom. The van der Waals surface area contributed by atoms with Gasteiger partial charge < -0.3 is 39.8 Å². The van der Waals surface area contributed by atoms with Crippen LogP contribution >= 0.6 is 0 Å². The summed E-state index contributed by atoms with van der Waals surface area (Å²) >= 11 is 0. The molecule has 0 saturated carbocycles. The Hall–Kier alpha value is -3.76. The summed E-state index contributed by atoms with van der Waals surface area (Å²) in [6.45, 7) is 7.06. The van der Waals surface area contributed by atoms with Crippen molar-refractivity contribution in [3.8, 4) is 17.4 Å². The first-order valence-electron chi connectivity index (χ1n) is 14.2. The molecule has 1 amide bonds. The average molecular weight is 577 g/mol. The monoisotopic (exact) mass is 576 g/mol. The third-order valence-electron chi connectivity index (χ3n) is 7.68. The number of carbonyl (C=O) groups is 1. The molecular formula is C31H36N4O7. The number of nitriles is 1. The van der Waals surface area contributed by atoms with Gasteiger partial charge in [-0.3, -0.25) is 9.69 Å². The third kappa shape index (κ3) is 6.82. The quantitative estimate of drug-likeness (QED) is 0.188. The molecule has 2 aromatic carbocycles. The molecule has 2 fully saturated rings. The molecule has 3 heterocycles. The Balaban J connectivity index is 1.23. The number of morpholine rings is 1. The second-order valence-corrected chi connectivity index (χ2v) is 10.5. The van der Waals surface area contributed by atoms with E-state index in [1.165, 1.54) is 6.08 Å². The van der Waals surface area contributed by atoms with Gasteiger partial charge in [0.15, 0.2) is 6.29 Å². The highest BCUT2D eigenvalue weighted by Crippen LogP contribution is 2.29. The average Bonchev–Trinajstić information content (AvgIpc) is 3.48. The maximum atomic E-state index is 12.8. The highest BCUT2D eigenvalue weighted by atomic mass is 16.6. The highest BCUT2D eigenvalue weighted by molar-refractivity contribution is 6.01. The molecule has 5 rings (SSSR count). The zero-order valence-corrected chi connectivity index (χ0v) is 23.4. The number of carbonyl (C=O) groups excluding carboxylic acids is 1. The normalized spacial score (nSPS) is 25.2. The number of nitrogens with one attached hydrogen (secondary N) is 2. The number of fused-ring (bicyclic) bond motifs is 1. The van der Waals surface area contributed by atoms with E-state index in [2.05, 4.69) is 27.7 Å². The van der Waals surface area contributed by atoms with Crippen molar-refractivity contribution in [3.05, 3.63) is 59.9 Å². The summed E-state index contributed by atoms with van der Waals surface area (Å²) in [4.78, 5) is 15.2. The number of anilines is 1. The molecule has 1 unspecified atom stereocenters. The first-order chi connectivity index (χ1) is 20.4. The molecule has 0 radical (unpaired) electrons. The van der Waals surface area contributed by atoms with Crippen molar-refractivity contribution >= 4 is 28.4 Å². The number of rotatable bonds is 9. The minimum atomic E-state index is -1.54. The van der Waals surface area contributed by atoms with Crippen molar-refractivity contribution in [1.29, 1.82) is 5.26 Å². The first-order valence-corrected chi connectivity index (χ1v) is 14.2. The van der Waals surface area contributed by atoms with Gasteiger partial charge in [0.1, 0.15) is 41.4 Å². The third-order valence-corrected chi connectivity index (χ3v) is 7.68. The minimum absolute atomic E-state index is 0.281. The van der Waals surface area contributed by atoms with Gasteiger partial charge in [-0.25, -0.2) is 0 Å². The predicted octanol–water partition coefficient (Wildman–Crippen LogP) is 2.08. The minimum Gasteiger partial charge on any atom is -0.457 e. The van der Waals surface area contributed by atoms with E-state index in [9.17, 15) is 25.4 Å². The van der Waals surface area contributed by atoms with E-state index in [1.807, 2.05) is 30.3 Å². The standard InChI is InChI=1S/C31H36N4O7/c1-2-25-28(36)29(37)27(31(39)42-25)34-30(38)22(18-32)17-24-7-8-26(41-24)21-4-3-20-16-23(6-5-19(20)15-21)33-9-10-35-11-13-40-14-12-35/h3-8,15-17,25,27-29,31,33,36-37,39H,2,9-14H2,1H3,(H,34,38)/b22-17+/t25-,27-,28-,29-,31?/m1/s1. The lowest BCUT2D eigenvalue weighted by Crippen LogP contribution is -2.63. The van der Waals surface area contributed by atoms with Crippen molar-refractivity contribution in [3.63, 3.8) is 0 Å². The molecule has 0 aliphatic carbocycles. The van der Waals surface area contributed by atoms with Crippen LogP contribution in [0.4, 0.5) is 5.69 Å². The van der Waals surface area contributed by atoms with Crippen molar-refractivity contribution in [1.82, 2.24) is 10.2 Å². The topological polar surface area (TPSA) is 160 Å². The van der Waals surface area contributed by atoms with Crippen LogP contribution in [0.1, 0.15) is 19.1 Å². The van der Waals surface area contributed by atoms with Crippen molar-refractivity contribution < 1.29 is 34.0 Å². The molecule has 0 spiro atoms. The van der Waals surface area contributed by atoms with Crippen LogP contribution < -0.4 is 10.6 Å². The molecular weight excluding hydrogens is 540 g/mol. The number of furan rings is 1. The number of aliphatic hydroxyl groups is 3. The van der Waals surface area contributed by atoms with E-state index in [0.717, 1.165) is 61.4 Å². The zero-order valence-electron chi connectivity index (χ0n) is 23.4. The lowest BCUT2D eigenvalue weighted by atomic mass is 9.95. The van der Waals surface area contributed by atoms with E-state index >= 15 is 0 Å². The number of nitrogens with zero attached hydrogens (tertiary/aromatic N) is 2. The summed E-state index contributed by atoms with van der Waals surface area (Å²) in [6.07, 6.45) is -3.42. The SMILES string of the molecule is CC[C@H]1OC(O)[C@H](NC(=O)/C(C#N)=C/c2ccc(-c3ccc4cc(NCCN5CCOCC5)ccc4c3)o2)[C@@H](O)[C@@H]1O. The molecule has 222 valence electrons. The van der Waals surface area contributed by atoms with Crippen LogP contribution in [0.3, 0.4) is 0 Å². The van der Waals surface area contributed by atoms with Crippen LogP contribution in [-0.2, 0) is 14.3 Å². The van der Waals surface area contributed by atoms with Gasteiger partial charge in [0, 0.05) is 43.5 Å². The molecule has 11 heteroatoms. The number of ether oxygens (including phenoxy) is 2. The van der Waals surface area contributed by atoms with Gasteiger partial charge >= 0.3 is 0 Å². The largest absolute Gasteiger partial charge is 0.457 e. The van der Waals surface area contributed by atoms with E-state index in [4.69, 9.17) is 13.9 Å². The maximum absolute atomic E-state index is 12.8. The lowest BCUT2D eigenvalue weighted by molar-refractivity contribution is -0.247. The Bertz CT molecular complexity index is 1460. The van der Waals surface area contributed by atoms with Crippen LogP contribution in [0.25, 0.3) is 28.2 Å². The Morgan fingerprint density at radius 2 is 1.83 bits per heavy atom. The number of hydrogen-bond acceptors (Lipinski definition) is 10. The number of amides is 1. The molecule has 2 aliphatic heterocycles. The van der Waals surface area contributed by atoms with Crippen molar-refractivity contribution in [2.24, 2.45) is 0 Å². The van der Waals surface area contributed by atoms with Crippen LogP contribution in [0.15, 0.2) is 58.5 Å². The van der Waals surface area contributed by atoms with E-state index < -0.39 is 36.6 Å². The molecule has 42 heavy (non-hydrogen) atoms. The van der Waals surface area contributed by atoms with Gasteiger partial charge in [-0.1, -0.05) is 25.1 Å². The Morgan fingerprint density at radius 1 is 1.07 bits per heavy atom. The molecule has 11 nitrogen and oxygen atoms in total. The number of hydrogen-bond donors (Lipinski definition) is 5. The molecule has 3 aromatic rings. The maximum Gasteiger partial charge on any atom is 0.262 e. The molecule has 2 saturated heterocycles. The molecule has 5 N–H and O–H groups in total. The molecule has 0 bridgehead atoms.